The number of fused-ring (bicyclic) bond motifs is 1. The van der Waals surface area contributed by atoms with Crippen LogP contribution in [0.2, 0.25) is 5.02 Å². The second-order valence-corrected chi connectivity index (χ2v) is 7.76. The van der Waals surface area contributed by atoms with E-state index in [9.17, 15) is 4.79 Å². The first-order chi connectivity index (χ1) is 14.1. The molecular weight excluding hydrogens is 406 g/mol. The maximum absolute atomic E-state index is 13.3. The van der Waals surface area contributed by atoms with Crippen molar-refractivity contribution < 1.29 is 9.53 Å². The Morgan fingerprint density at radius 2 is 2.00 bits per heavy atom. The van der Waals surface area contributed by atoms with Gasteiger partial charge in [0.1, 0.15) is 5.75 Å². The highest BCUT2D eigenvalue weighted by molar-refractivity contribution is 7.22. The molecule has 0 saturated carbocycles. The maximum atomic E-state index is 13.3. The first kappa shape index (κ1) is 19.4. The van der Waals surface area contributed by atoms with Crippen LogP contribution in [0.4, 0.5) is 5.13 Å². The van der Waals surface area contributed by atoms with E-state index in [4.69, 9.17) is 21.3 Å². The van der Waals surface area contributed by atoms with Crippen molar-refractivity contribution in [2.75, 3.05) is 11.5 Å². The van der Waals surface area contributed by atoms with Crippen LogP contribution in [0.25, 0.3) is 10.2 Å². The fraction of sp³-hybridized carbons (Fsp3) is 0.136. The Kier molecular flexibility index (Phi) is 5.74. The van der Waals surface area contributed by atoms with Gasteiger partial charge in [-0.15, -0.1) is 0 Å². The lowest BCUT2D eigenvalue weighted by atomic mass is 10.2. The van der Waals surface area contributed by atoms with Crippen molar-refractivity contribution in [3.8, 4) is 5.75 Å². The highest BCUT2D eigenvalue weighted by Crippen LogP contribution is 2.33. The molecule has 2 aromatic heterocycles. The van der Waals surface area contributed by atoms with E-state index in [1.807, 2.05) is 37.3 Å². The summed E-state index contributed by atoms with van der Waals surface area (Å²) in [6, 6.07) is 16.4. The fourth-order valence-electron chi connectivity index (χ4n) is 2.91. The topological polar surface area (TPSA) is 55.3 Å². The third-order valence-corrected chi connectivity index (χ3v) is 5.58. The molecule has 5 nitrogen and oxygen atoms in total. The van der Waals surface area contributed by atoms with Gasteiger partial charge in [-0.05, 0) is 61.0 Å². The third kappa shape index (κ3) is 4.39. The van der Waals surface area contributed by atoms with Gasteiger partial charge in [0.2, 0.25) is 0 Å². The maximum Gasteiger partial charge on any atom is 0.260 e. The van der Waals surface area contributed by atoms with Crippen LogP contribution in [-0.4, -0.2) is 22.5 Å². The van der Waals surface area contributed by atoms with Crippen LogP contribution in [0.15, 0.2) is 67.0 Å². The van der Waals surface area contributed by atoms with E-state index in [0.717, 1.165) is 21.5 Å². The average molecular weight is 424 g/mol. The molecule has 4 aromatic rings. The summed E-state index contributed by atoms with van der Waals surface area (Å²) in [5.41, 5.74) is 2.30. The number of hydrogen-bond donors (Lipinski definition) is 0. The molecule has 2 aromatic carbocycles. The lowest BCUT2D eigenvalue weighted by Gasteiger charge is -2.20. The van der Waals surface area contributed by atoms with Crippen LogP contribution in [0.3, 0.4) is 0 Å². The zero-order valence-corrected chi connectivity index (χ0v) is 17.3. The Balaban J connectivity index is 1.73. The van der Waals surface area contributed by atoms with Crippen molar-refractivity contribution in [2.45, 2.75) is 13.5 Å². The minimum absolute atomic E-state index is 0.144. The van der Waals surface area contributed by atoms with Gasteiger partial charge >= 0.3 is 0 Å². The highest BCUT2D eigenvalue weighted by atomic mass is 35.5. The minimum atomic E-state index is -0.144. The normalized spacial score (nSPS) is 10.8. The number of aromatic nitrogens is 2. The zero-order chi connectivity index (χ0) is 20.2. The number of benzene rings is 2. The minimum Gasteiger partial charge on any atom is -0.494 e. The van der Waals surface area contributed by atoms with Crippen molar-refractivity contribution in [1.82, 2.24) is 9.97 Å². The number of hydrogen-bond acceptors (Lipinski definition) is 5. The predicted molar refractivity (Wildman–Crippen MR) is 117 cm³/mol. The van der Waals surface area contributed by atoms with Crippen molar-refractivity contribution in [1.29, 1.82) is 0 Å². The SMILES string of the molecule is CCOc1ccc2nc(N(Cc3cccnc3)C(=O)c3ccc(Cl)cc3)sc2c1. The van der Waals surface area contributed by atoms with E-state index in [1.165, 1.54) is 11.3 Å². The molecule has 0 spiro atoms. The summed E-state index contributed by atoms with van der Waals surface area (Å²) in [7, 11) is 0. The molecule has 0 aliphatic carbocycles. The molecular formula is C22H18ClN3O2S. The van der Waals surface area contributed by atoms with Gasteiger partial charge in [0.25, 0.3) is 5.91 Å². The van der Waals surface area contributed by atoms with E-state index >= 15 is 0 Å². The smallest absolute Gasteiger partial charge is 0.260 e. The average Bonchev–Trinajstić information content (AvgIpc) is 3.16. The number of halogens is 1. The van der Waals surface area contributed by atoms with Gasteiger partial charge in [-0.1, -0.05) is 29.0 Å². The largest absolute Gasteiger partial charge is 0.494 e. The quantitative estimate of drug-likeness (QED) is 0.405. The number of carbonyl (C=O) groups is 1. The van der Waals surface area contributed by atoms with Gasteiger partial charge in [-0.25, -0.2) is 4.98 Å². The Bertz CT molecular complexity index is 1130. The van der Waals surface area contributed by atoms with Gasteiger partial charge in [0.05, 0.1) is 23.4 Å². The molecule has 2 heterocycles. The number of anilines is 1. The summed E-state index contributed by atoms with van der Waals surface area (Å²) in [4.78, 5) is 23.8. The molecule has 29 heavy (non-hydrogen) atoms. The molecule has 0 fully saturated rings. The second kappa shape index (κ2) is 8.59. The molecule has 146 valence electrons. The Labute approximate surface area is 177 Å². The Morgan fingerprint density at radius 1 is 1.17 bits per heavy atom. The fourth-order valence-corrected chi connectivity index (χ4v) is 4.03. The van der Waals surface area contributed by atoms with E-state index in [2.05, 4.69) is 4.98 Å². The second-order valence-electron chi connectivity index (χ2n) is 6.32. The van der Waals surface area contributed by atoms with Gasteiger partial charge in [0, 0.05) is 23.0 Å². The standard InChI is InChI=1S/C22H18ClN3O2S/c1-2-28-18-9-10-19-20(12-18)29-22(25-19)26(14-15-4-3-11-24-13-15)21(27)16-5-7-17(23)8-6-16/h3-13H,2,14H2,1H3. The molecule has 7 heteroatoms. The summed E-state index contributed by atoms with van der Waals surface area (Å²) in [5, 5.41) is 1.21. The summed E-state index contributed by atoms with van der Waals surface area (Å²) >= 11 is 7.44. The van der Waals surface area contributed by atoms with E-state index < -0.39 is 0 Å². The van der Waals surface area contributed by atoms with Gasteiger partial charge in [-0.2, -0.15) is 0 Å². The third-order valence-electron chi connectivity index (χ3n) is 4.29. The van der Waals surface area contributed by atoms with Crippen LogP contribution >= 0.6 is 22.9 Å². The lowest BCUT2D eigenvalue weighted by molar-refractivity contribution is 0.0985. The van der Waals surface area contributed by atoms with Crippen LogP contribution < -0.4 is 9.64 Å². The number of thiazole rings is 1. The van der Waals surface area contributed by atoms with E-state index in [0.29, 0.717) is 28.9 Å². The number of amides is 1. The van der Waals surface area contributed by atoms with Gasteiger partial charge < -0.3 is 4.74 Å². The molecule has 0 radical (unpaired) electrons. The molecule has 0 N–H and O–H groups in total. The van der Waals surface area contributed by atoms with E-state index in [-0.39, 0.29) is 5.91 Å². The summed E-state index contributed by atoms with van der Waals surface area (Å²) in [6.07, 6.45) is 3.46. The monoisotopic (exact) mass is 423 g/mol. The molecule has 0 aliphatic heterocycles. The molecule has 0 unspecified atom stereocenters. The molecule has 0 aliphatic rings. The zero-order valence-electron chi connectivity index (χ0n) is 15.7. The summed E-state index contributed by atoms with van der Waals surface area (Å²) in [5.74, 6) is 0.646. The molecule has 4 rings (SSSR count). The first-order valence-corrected chi connectivity index (χ1v) is 10.3. The molecule has 0 saturated heterocycles. The van der Waals surface area contributed by atoms with Crippen LogP contribution in [-0.2, 0) is 6.54 Å². The summed E-state index contributed by atoms with van der Waals surface area (Å²) in [6.45, 7) is 2.91. The van der Waals surface area contributed by atoms with Crippen molar-refractivity contribution in [2.24, 2.45) is 0 Å². The highest BCUT2D eigenvalue weighted by Gasteiger charge is 2.22. The molecule has 0 bridgehead atoms. The lowest BCUT2D eigenvalue weighted by Crippen LogP contribution is -2.30. The van der Waals surface area contributed by atoms with Crippen LogP contribution in [0, 0.1) is 0 Å². The van der Waals surface area contributed by atoms with Crippen LogP contribution in [0.1, 0.15) is 22.8 Å². The number of pyridine rings is 1. The summed E-state index contributed by atoms with van der Waals surface area (Å²) < 4.78 is 6.55. The van der Waals surface area contributed by atoms with Gasteiger partial charge in [-0.3, -0.25) is 14.7 Å². The predicted octanol–water partition coefficient (Wildman–Crippen LogP) is 5.59. The molecule has 0 atom stereocenters. The van der Waals surface area contributed by atoms with Gasteiger partial charge in [0.15, 0.2) is 5.13 Å². The van der Waals surface area contributed by atoms with E-state index in [1.54, 1.807) is 41.6 Å². The number of nitrogens with zero attached hydrogens (tertiary/aromatic N) is 3. The van der Waals surface area contributed by atoms with Crippen LogP contribution in [0.5, 0.6) is 5.75 Å². The molecule has 1 amide bonds. The first-order valence-electron chi connectivity index (χ1n) is 9.14. The number of carbonyl (C=O) groups excluding carboxylic acids is 1. The Morgan fingerprint density at radius 3 is 2.72 bits per heavy atom. The Hall–Kier alpha value is -2.96. The van der Waals surface area contributed by atoms with Crippen molar-refractivity contribution >= 4 is 44.2 Å². The van der Waals surface area contributed by atoms with Crippen molar-refractivity contribution in [3.05, 3.63) is 83.1 Å². The number of ether oxygens (including phenoxy) is 1. The van der Waals surface area contributed by atoms with Crippen molar-refractivity contribution in [3.63, 3.8) is 0 Å². The number of rotatable bonds is 6.